The number of carbonyl (C=O) groups is 2. The number of hydrogen-bond donors (Lipinski definition) is 4. The molecular weight excluding hydrogens is 346 g/mol. The maximum atomic E-state index is 11.1. The second kappa shape index (κ2) is 7.96. The van der Waals surface area contributed by atoms with Gasteiger partial charge >= 0.3 is 5.97 Å². The molecule has 0 saturated heterocycles. The lowest BCUT2D eigenvalue weighted by atomic mass is 10.2. The Morgan fingerprint density at radius 3 is 2.37 bits per heavy atom. The summed E-state index contributed by atoms with van der Waals surface area (Å²) in [5.41, 5.74) is 2.25. The van der Waals surface area contributed by atoms with Gasteiger partial charge in [0.2, 0.25) is 11.9 Å². The van der Waals surface area contributed by atoms with Gasteiger partial charge in [-0.05, 0) is 48.5 Å². The second-order valence-corrected chi connectivity index (χ2v) is 5.66. The lowest BCUT2D eigenvalue weighted by Crippen LogP contribution is -2.05. The largest absolute Gasteiger partial charge is 0.478 e. The van der Waals surface area contributed by atoms with Crippen LogP contribution >= 0.6 is 0 Å². The van der Waals surface area contributed by atoms with Gasteiger partial charge in [-0.25, -0.2) is 9.78 Å². The van der Waals surface area contributed by atoms with E-state index in [2.05, 4.69) is 25.9 Å². The molecule has 0 aliphatic carbocycles. The molecule has 0 unspecified atom stereocenters. The standard InChI is InChI=1S/C19H17N5O3/c1-12(25)21-14-5-7-15(8-6-14)23-19-20-10-9-17(24-19)22-16-4-2-3-13(11-16)18(26)27/h2-11H,1H3,(H,21,25)(H,26,27)(H2,20,22,23,24). The third-order valence-corrected chi connectivity index (χ3v) is 3.50. The van der Waals surface area contributed by atoms with Gasteiger partial charge in [0, 0.05) is 30.2 Å². The summed E-state index contributed by atoms with van der Waals surface area (Å²) in [4.78, 5) is 30.6. The van der Waals surface area contributed by atoms with Crippen LogP contribution in [0.25, 0.3) is 0 Å². The van der Waals surface area contributed by atoms with Crippen LogP contribution in [0.5, 0.6) is 0 Å². The molecule has 3 rings (SSSR count). The highest BCUT2D eigenvalue weighted by atomic mass is 16.4. The zero-order valence-corrected chi connectivity index (χ0v) is 14.4. The summed E-state index contributed by atoms with van der Waals surface area (Å²) < 4.78 is 0. The van der Waals surface area contributed by atoms with E-state index in [9.17, 15) is 9.59 Å². The average molecular weight is 363 g/mol. The van der Waals surface area contributed by atoms with E-state index in [0.29, 0.717) is 23.1 Å². The molecule has 0 aliphatic rings. The summed E-state index contributed by atoms with van der Waals surface area (Å²) in [6.45, 7) is 1.45. The molecule has 0 bridgehead atoms. The lowest BCUT2D eigenvalue weighted by Gasteiger charge is -2.09. The number of amides is 1. The molecule has 0 fully saturated rings. The first-order valence-corrected chi connectivity index (χ1v) is 8.08. The molecule has 136 valence electrons. The number of aromatic carboxylic acids is 1. The molecule has 3 aromatic rings. The van der Waals surface area contributed by atoms with Crippen molar-refractivity contribution in [2.75, 3.05) is 16.0 Å². The minimum Gasteiger partial charge on any atom is -0.478 e. The topological polar surface area (TPSA) is 116 Å². The quantitative estimate of drug-likeness (QED) is 0.528. The van der Waals surface area contributed by atoms with Crippen molar-refractivity contribution in [2.45, 2.75) is 6.92 Å². The van der Waals surface area contributed by atoms with E-state index < -0.39 is 5.97 Å². The minimum atomic E-state index is -0.994. The fourth-order valence-corrected chi connectivity index (χ4v) is 2.34. The number of aromatic nitrogens is 2. The van der Waals surface area contributed by atoms with Gasteiger partial charge in [-0.3, -0.25) is 4.79 Å². The number of rotatable bonds is 6. The maximum absolute atomic E-state index is 11.1. The predicted octanol–water partition coefficient (Wildman–Crippen LogP) is 3.62. The van der Waals surface area contributed by atoms with Crippen molar-refractivity contribution in [1.29, 1.82) is 0 Å². The zero-order valence-electron chi connectivity index (χ0n) is 14.4. The maximum Gasteiger partial charge on any atom is 0.335 e. The Labute approximate surface area is 155 Å². The van der Waals surface area contributed by atoms with E-state index in [1.807, 2.05) is 0 Å². The molecule has 8 nitrogen and oxygen atoms in total. The first-order chi connectivity index (χ1) is 13.0. The Morgan fingerprint density at radius 1 is 0.926 bits per heavy atom. The highest BCUT2D eigenvalue weighted by molar-refractivity contribution is 5.89. The molecule has 1 heterocycles. The molecule has 0 atom stereocenters. The summed E-state index contributed by atoms with van der Waals surface area (Å²) in [6, 6.07) is 15.3. The summed E-state index contributed by atoms with van der Waals surface area (Å²) in [5, 5.41) is 17.9. The van der Waals surface area contributed by atoms with Crippen LogP contribution in [0, 0.1) is 0 Å². The van der Waals surface area contributed by atoms with Gasteiger partial charge < -0.3 is 21.1 Å². The minimum absolute atomic E-state index is 0.134. The molecule has 27 heavy (non-hydrogen) atoms. The summed E-state index contributed by atoms with van der Waals surface area (Å²) in [5.74, 6) is -0.234. The van der Waals surface area contributed by atoms with Crippen molar-refractivity contribution in [3.05, 3.63) is 66.4 Å². The first-order valence-electron chi connectivity index (χ1n) is 8.08. The van der Waals surface area contributed by atoms with Crippen LogP contribution in [0.3, 0.4) is 0 Å². The van der Waals surface area contributed by atoms with Gasteiger partial charge in [0.15, 0.2) is 0 Å². The van der Waals surface area contributed by atoms with Crippen molar-refractivity contribution < 1.29 is 14.7 Å². The van der Waals surface area contributed by atoms with Crippen LogP contribution in [0.1, 0.15) is 17.3 Å². The molecule has 4 N–H and O–H groups in total. The number of carbonyl (C=O) groups excluding carboxylic acids is 1. The van der Waals surface area contributed by atoms with Crippen molar-refractivity contribution in [3.8, 4) is 0 Å². The molecule has 0 aliphatic heterocycles. The number of carboxylic acids is 1. The van der Waals surface area contributed by atoms with Crippen LogP contribution < -0.4 is 16.0 Å². The molecule has 2 aromatic carbocycles. The molecule has 1 amide bonds. The van der Waals surface area contributed by atoms with Gasteiger partial charge in [0.1, 0.15) is 5.82 Å². The normalized spacial score (nSPS) is 10.1. The Hall–Kier alpha value is -3.94. The number of carboxylic acid groups (broad SMARTS) is 1. The lowest BCUT2D eigenvalue weighted by molar-refractivity contribution is -0.114. The SMILES string of the molecule is CC(=O)Nc1ccc(Nc2nccc(Nc3cccc(C(=O)O)c3)n2)cc1. The molecule has 0 spiro atoms. The fourth-order valence-electron chi connectivity index (χ4n) is 2.34. The van der Waals surface area contributed by atoms with Crippen molar-refractivity contribution >= 4 is 40.7 Å². The van der Waals surface area contributed by atoms with Crippen LogP contribution in [0.15, 0.2) is 60.8 Å². The highest BCUT2D eigenvalue weighted by Crippen LogP contribution is 2.20. The number of anilines is 5. The summed E-state index contributed by atoms with van der Waals surface area (Å²) in [6.07, 6.45) is 1.59. The monoisotopic (exact) mass is 363 g/mol. The third-order valence-electron chi connectivity index (χ3n) is 3.50. The van der Waals surface area contributed by atoms with Crippen molar-refractivity contribution in [2.24, 2.45) is 0 Å². The summed E-state index contributed by atoms with van der Waals surface area (Å²) in [7, 11) is 0. The second-order valence-electron chi connectivity index (χ2n) is 5.66. The number of nitrogens with zero attached hydrogens (tertiary/aromatic N) is 2. The van der Waals surface area contributed by atoms with E-state index >= 15 is 0 Å². The number of hydrogen-bond acceptors (Lipinski definition) is 6. The smallest absolute Gasteiger partial charge is 0.335 e. The molecule has 8 heteroatoms. The average Bonchev–Trinajstić information content (AvgIpc) is 2.63. The van der Waals surface area contributed by atoms with E-state index in [-0.39, 0.29) is 11.5 Å². The molecule has 0 radical (unpaired) electrons. The molecular formula is C19H17N5O3. The zero-order chi connectivity index (χ0) is 19.2. The Balaban J connectivity index is 1.71. The Kier molecular flexibility index (Phi) is 5.27. The van der Waals surface area contributed by atoms with Crippen LogP contribution in [0.4, 0.5) is 28.8 Å². The van der Waals surface area contributed by atoms with Crippen molar-refractivity contribution in [3.63, 3.8) is 0 Å². The Bertz CT molecular complexity index is 973. The van der Waals surface area contributed by atoms with Gasteiger partial charge in [-0.2, -0.15) is 4.98 Å². The molecule has 0 saturated carbocycles. The van der Waals surface area contributed by atoms with Gasteiger partial charge in [0.05, 0.1) is 5.56 Å². The van der Waals surface area contributed by atoms with Gasteiger partial charge in [-0.1, -0.05) is 6.07 Å². The van der Waals surface area contributed by atoms with Gasteiger partial charge in [0.25, 0.3) is 0 Å². The fraction of sp³-hybridized carbons (Fsp3) is 0.0526. The van der Waals surface area contributed by atoms with Crippen LogP contribution in [-0.4, -0.2) is 27.0 Å². The summed E-state index contributed by atoms with van der Waals surface area (Å²) >= 11 is 0. The molecule has 1 aromatic heterocycles. The van der Waals surface area contributed by atoms with E-state index in [1.165, 1.54) is 19.1 Å². The van der Waals surface area contributed by atoms with Crippen LogP contribution in [-0.2, 0) is 4.79 Å². The predicted molar refractivity (Wildman–Crippen MR) is 103 cm³/mol. The Morgan fingerprint density at radius 2 is 1.67 bits per heavy atom. The van der Waals surface area contributed by atoms with Crippen LogP contribution in [0.2, 0.25) is 0 Å². The van der Waals surface area contributed by atoms with E-state index in [0.717, 1.165) is 5.69 Å². The van der Waals surface area contributed by atoms with E-state index in [4.69, 9.17) is 5.11 Å². The number of benzene rings is 2. The first kappa shape index (κ1) is 17.9. The van der Waals surface area contributed by atoms with Crippen molar-refractivity contribution in [1.82, 2.24) is 9.97 Å². The van der Waals surface area contributed by atoms with E-state index in [1.54, 1.807) is 48.7 Å². The third kappa shape index (κ3) is 5.02. The number of nitrogens with one attached hydrogen (secondary N) is 3. The highest BCUT2D eigenvalue weighted by Gasteiger charge is 2.05. The van der Waals surface area contributed by atoms with Gasteiger partial charge in [-0.15, -0.1) is 0 Å².